The number of carbonyl (C=O) groups excluding carboxylic acids is 3. The van der Waals surface area contributed by atoms with E-state index < -0.39 is 11.2 Å². The molecule has 25 heavy (non-hydrogen) atoms. The summed E-state index contributed by atoms with van der Waals surface area (Å²) in [6.07, 6.45) is 4.54. The fraction of sp³-hybridized carbons (Fsp3) is 0.812. The van der Waals surface area contributed by atoms with Crippen molar-refractivity contribution in [2.75, 3.05) is 13.2 Å². The number of rotatable bonds is 17. The van der Waals surface area contributed by atoms with Crippen molar-refractivity contribution in [2.45, 2.75) is 70.8 Å². The van der Waals surface area contributed by atoms with Gasteiger partial charge in [-0.15, -0.1) is 10.1 Å². The SMILES string of the molecule is CCCCC(=O)CC(CCCCNC(=O)CCCO[N+](=O)[O-])OC=O. The summed E-state index contributed by atoms with van der Waals surface area (Å²) in [4.78, 5) is 47.8. The molecule has 0 fully saturated rings. The smallest absolute Gasteiger partial charge is 0.294 e. The molecule has 1 amide bonds. The number of hydrogen-bond acceptors (Lipinski definition) is 7. The number of Topliss-reactive ketones (excluding diaryl/α,β-unsaturated/α-hetero) is 1. The van der Waals surface area contributed by atoms with Crippen LogP contribution in [0.1, 0.15) is 64.7 Å². The third kappa shape index (κ3) is 15.1. The van der Waals surface area contributed by atoms with Gasteiger partial charge in [0.2, 0.25) is 5.91 Å². The van der Waals surface area contributed by atoms with E-state index in [1.807, 2.05) is 6.92 Å². The molecule has 1 atom stereocenters. The second-order valence-electron chi connectivity index (χ2n) is 5.71. The van der Waals surface area contributed by atoms with Crippen molar-refractivity contribution < 1.29 is 29.0 Å². The number of nitrogens with zero attached hydrogens (tertiary/aromatic N) is 1. The van der Waals surface area contributed by atoms with Gasteiger partial charge in [0.15, 0.2) is 0 Å². The zero-order valence-corrected chi connectivity index (χ0v) is 14.7. The molecule has 0 saturated heterocycles. The summed E-state index contributed by atoms with van der Waals surface area (Å²) in [6.45, 7) is 2.74. The van der Waals surface area contributed by atoms with Crippen LogP contribution in [0, 0.1) is 10.1 Å². The maximum Gasteiger partial charge on any atom is 0.294 e. The molecule has 0 bridgehead atoms. The fourth-order valence-corrected chi connectivity index (χ4v) is 2.21. The molecule has 1 N–H and O–H groups in total. The van der Waals surface area contributed by atoms with Crippen LogP contribution >= 0.6 is 0 Å². The van der Waals surface area contributed by atoms with E-state index in [-0.39, 0.29) is 37.6 Å². The van der Waals surface area contributed by atoms with Crippen molar-refractivity contribution in [3.05, 3.63) is 10.1 Å². The van der Waals surface area contributed by atoms with Crippen molar-refractivity contribution in [3.8, 4) is 0 Å². The Kier molecular flexibility index (Phi) is 14.0. The first-order valence-electron chi connectivity index (χ1n) is 8.64. The molecular formula is C16H28N2O7. The normalized spacial score (nSPS) is 11.4. The molecule has 1 unspecified atom stereocenters. The maximum absolute atomic E-state index is 11.7. The van der Waals surface area contributed by atoms with Crippen LogP contribution in [0.2, 0.25) is 0 Å². The molecule has 0 saturated carbocycles. The topological polar surface area (TPSA) is 125 Å². The number of nitrogens with one attached hydrogen (secondary N) is 1. The fourth-order valence-electron chi connectivity index (χ4n) is 2.21. The summed E-state index contributed by atoms with van der Waals surface area (Å²) in [5, 5.41) is 11.8. The van der Waals surface area contributed by atoms with E-state index in [0.717, 1.165) is 12.8 Å². The van der Waals surface area contributed by atoms with E-state index in [2.05, 4.69) is 10.2 Å². The van der Waals surface area contributed by atoms with E-state index in [1.54, 1.807) is 0 Å². The number of ketones is 1. The van der Waals surface area contributed by atoms with Crippen LogP contribution in [-0.4, -0.2) is 42.5 Å². The molecule has 0 heterocycles. The van der Waals surface area contributed by atoms with Gasteiger partial charge < -0.3 is 14.9 Å². The van der Waals surface area contributed by atoms with Gasteiger partial charge in [0.05, 0.1) is 6.61 Å². The molecule has 0 rings (SSSR count). The van der Waals surface area contributed by atoms with Crippen molar-refractivity contribution in [1.82, 2.24) is 5.32 Å². The molecule has 0 aliphatic heterocycles. The summed E-state index contributed by atoms with van der Waals surface area (Å²) >= 11 is 0. The maximum atomic E-state index is 11.7. The number of carbonyl (C=O) groups is 3. The molecule has 0 aliphatic rings. The van der Waals surface area contributed by atoms with Crippen LogP contribution in [0.4, 0.5) is 0 Å². The average molecular weight is 360 g/mol. The average Bonchev–Trinajstić information content (AvgIpc) is 2.56. The second-order valence-corrected chi connectivity index (χ2v) is 5.71. The predicted molar refractivity (Wildman–Crippen MR) is 89.1 cm³/mol. The molecule has 144 valence electrons. The van der Waals surface area contributed by atoms with E-state index in [4.69, 9.17) is 4.74 Å². The summed E-state index contributed by atoms with van der Waals surface area (Å²) in [5.41, 5.74) is 0. The van der Waals surface area contributed by atoms with Gasteiger partial charge in [0.1, 0.15) is 11.9 Å². The van der Waals surface area contributed by atoms with E-state index in [1.165, 1.54) is 0 Å². The van der Waals surface area contributed by atoms with Crippen molar-refractivity contribution in [3.63, 3.8) is 0 Å². The Bertz CT molecular complexity index is 415. The van der Waals surface area contributed by atoms with Crippen LogP contribution in [0.5, 0.6) is 0 Å². The summed E-state index contributed by atoms with van der Waals surface area (Å²) < 4.78 is 4.95. The Hall–Kier alpha value is -2.19. The van der Waals surface area contributed by atoms with E-state index >= 15 is 0 Å². The summed E-state index contributed by atoms with van der Waals surface area (Å²) in [5.74, 6) is -0.0960. The second kappa shape index (κ2) is 15.3. The zero-order valence-electron chi connectivity index (χ0n) is 14.7. The predicted octanol–water partition coefficient (Wildman–Crippen LogP) is 1.95. The third-order valence-electron chi connectivity index (χ3n) is 3.53. The molecule has 0 aromatic rings. The Labute approximate surface area is 147 Å². The molecule has 0 spiro atoms. The van der Waals surface area contributed by atoms with Crippen LogP contribution in [0.25, 0.3) is 0 Å². The molecule has 9 heteroatoms. The van der Waals surface area contributed by atoms with Gasteiger partial charge in [-0.25, -0.2) is 0 Å². The molecule has 9 nitrogen and oxygen atoms in total. The van der Waals surface area contributed by atoms with Crippen LogP contribution < -0.4 is 5.32 Å². The number of amides is 1. The lowest BCUT2D eigenvalue weighted by Crippen LogP contribution is -2.25. The molecular weight excluding hydrogens is 332 g/mol. The Morgan fingerprint density at radius 1 is 1.20 bits per heavy atom. The van der Waals surface area contributed by atoms with Gasteiger partial charge in [-0.1, -0.05) is 13.3 Å². The molecule has 0 aromatic carbocycles. The minimum Gasteiger partial charge on any atom is -0.464 e. The highest BCUT2D eigenvalue weighted by Crippen LogP contribution is 2.11. The lowest BCUT2D eigenvalue weighted by molar-refractivity contribution is -0.757. The van der Waals surface area contributed by atoms with Gasteiger partial charge in [-0.3, -0.25) is 14.4 Å². The van der Waals surface area contributed by atoms with E-state index in [9.17, 15) is 24.5 Å². The zero-order chi connectivity index (χ0) is 18.9. The minimum absolute atomic E-state index is 0.0962. The minimum atomic E-state index is -0.886. The number of unbranched alkanes of at least 4 members (excludes halogenated alkanes) is 2. The van der Waals surface area contributed by atoms with Crippen LogP contribution in [0.15, 0.2) is 0 Å². The standard InChI is InChI=1S/C16H28N2O7/c1-2-3-7-14(20)12-15(24-13-19)8-4-5-10-17-16(21)9-6-11-25-18(22)23/h13,15H,2-12H2,1H3,(H,17,21). The highest BCUT2D eigenvalue weighted by molar-refractivity contribution is 5.79. The lowest BCUT2D eigenvalue weighted by atomic mass is 10.0. The highest BCUT2D eigenvalue weighted by atomic mass is 16.9. The number of hydrogen-bond donors (Lipinski definition) is 1. The molecule has 0 radical (unpaired) electrons. The Morgan fingerprint density at radius 2 is 1.96 bits per heavy atom. The van der Waals surface area contributed by atoms with Gasteiger partial charge in [-0.05, 0) is 32.1 Å². The van der Waals surface area contributed by atoms with Crippen LogP contribution in [0.3, 0.4) is 0 Å². The highest BCUT2D eigenvalue weighted by Gasteiger charge is 2.14. The third-order valence-corrected chi connectivity index (χ3v) is 3.53. The first kappa shape index (κ1) is 22.8. The van der Waals surface area contributed by atoms with Gasteiger partial charge in [-0.2, -0.15) is 0 Å². The van der Waals surface area contributed by atoms with Gasteiger partial charge >= 0.3 is 0 Å². The van der Waals surface area contributed by atoms with Gasteiger partial charge in [0, 0.05) is 25.8 Å². The lowest BCUT2D eigenvalue weighted by Gasteiger charge is -2.14. The molecule has 0 aliphatic carbocycles. The summed E-state index contributed by atoms with van der Waals surface area (Å²) in [6, 6.07) is 0. The van der Waals surface area contributed by atoms with Gasteiger partial charge in [0.25, 0.3) is 11.6 Å². The van der Waals surface area contributed by atoms with E-state index in [0.29, 0.717) is 38.7 Å². The first-order chi connectivity index (χ1) is 12.0. The number of ether oxygens (including phenoxy) is 1. The summed E-state index contributed by atoms with van der Waals surface area (Å²) in [7, 11) is 0. The van der Waals surface area contributed by atoms with Crippen molar-refractivity contribution in [1.29, 1.82) is 0 Å². The van der Waals surface area contributed by atoms with Crippen molar-refractivity contribution in [2.24, 2.45) is 0 Å². The molecule has 0 aromatic heterocycles. The first-order valence-corrected chi connectivity index (χ1v) is 8.64. The largest absolute Gasteiger partial charge is 0.464 e. The Balaban J connectivity index is 3.76. The Morgan fingerprint density at radius 3 is 2.60 bits per heavy atom. The van der Waals surface area contributed by atoms with Crippen molar-refractivity contribution >= 4 is 18.2 Å². The van der Waals surface area contributed by atoms with Crippen LogP contribution in [-0.2, 0) is 24.0 Å². The quantitative estimate of drug-likeness (QED) is 0.182. The monoisotopic (exact) mass is 360 g/mol.